The molecule has 0 N–H and O–H groups in total. The molecule has 1 heterocycles. The van der Waals surface area contributed by atoms with Gasteiger partial charge in [0, 0.05) is 46.1 Å². The smallest absolute Gasteiger partial charge is 0.189 e. The monoisotopic (exact) mass is 443 g/mol. The highest BCUT2D eigenvalue weighted by Crippen LogP contribution is 2.32. The first kappa shape index (κ1) is 22.0. The van der Waals surface area contributed by atoms with E-state index in [1.807, 2.05) is 24.3 Å². The van der Waals surface area contributed by atoms with Gasteiger partial charge in [-0.05, 0) is 74.2 Å². The summed E-state index contributed by atoms with van der Waals surface area (Å²) in [6.07, 6.45) is 5.90. The number of carbonyl (C=O) groups excluding carboxylic acids is 2. The van der Waals surface area contributed by atoms with Crippen LogP contribution in [-0.2, 0) is 17.8 Å². The number of rotatable bonds is 7. The third-order valence-corrected chi connectivity index (χ3v) is 6.16. The van der Waals surface area contributed by atoms with E-state index < -0.39 is 0 Å². The number of aryl methyl sites for hydroxylation is 1. The Kier molecular flexibility index (Phi) is 6.57. The molecule has 0 aliphatic heterocycles. The molecule has 4 rings (SSSR count). The Morgan fingerprint density at radius 1 is 1.03 bits per heavy atom. The van der Waals surface area contributed by atoms with Crippen molar-refractivity contribution in [1.82, 2.24) is 4.57 Å². The molecule has 1 aliphatic carbocycles. The fraction of sp³-hybridized carbons (Fsp3) is 0.214. The van der Waals surface area contributed by atoms with Crippen LogP contribution in [0.2, 0.25) is 5.02 Å². The Morgan fingerprint density at radius 2 is 1.75 bits per heavy atom. The minimum absolute atomic E-state index is 0.0105. The van der Waals surface area contributed by atoms with E-state index in [-0.39, 0.29) is 11.6 Å². The van der Waals surface area contributed by atoms with Gasteiger partial charge >= 0.3 is 0 Å². The van der Waals surface area contributed by atoms with Gasteiger partial charge < -0.3 is 9.36 Å². The molecule has 0 amide bonds. The lowest BCUT2D eigenvalue weighted by atomic mass is 10.0. The van der Waals surface area contributed by atoms with Gasteiger partial charge in [0.05, 0.1) is 0 Å². The third kappa shape index (κ3) is 4.84. The van der Waals surface area contributed by atoms with Crippen molar-refractivity contribution in [2.24, 2.45) is 0 Å². The van der Waals surface area contributed by atoms with E-state index in [9.17, 15) is 9.59 Å². The van der Waals surface area contributed by atoms with Gasteiger partial charge in [-0.2, -0.15) is 0 Å². The van der Waals surface area contributed by atoms with Crippen LogP contribution in [0.1, 0.15) is 59.6 Å². The second-order valence-electron chi connectivity index (χ2n) is 8.31. The van der Waals surface area contributed by atoms with Gasteiger partial charge in [-0.25, -0.2) is 0 Å². The number of hydrogen-bond donors (Lipinski definition) is 0. The van der Waals surface area contributed by atoms with Crippen molar-refractivity contribution < 1.29 is 9.59 Å². The molecule has 2 aromatic carbocycles. The first-order valence-electron chi connectivity index (χ1n) is 10.9. The van der Waals surface area contributed by atoms with Crippen molar-refractivity contribution in [3.8, 4) is 0 Å². The maximum atomic E-state index is 13.3. The second kappa shape index (κ2) is 9.54. The predicted octanol–water partition coefficient (Wildman–Crippen LogP) is 6.78. The zero-order chi connectivity index (χ0) is 22.7. The van der Waals surface area contributed by atoms with Gasteiger partial charge in [0.2, 0.25) is 0 Å². The van der Waals surface area contributed by atoms with Gasteiger partial charge in [-0.1, -0.05) is 48.0 Å². The topological polar surface area (TPSA) is 39.1 Å². The van der Waals surface area contributed by atoms with Crippen LogP contribution in [0.15, 0.2) is 72.3 Å². The fourth-order valence-corrected chi connectivity index (χ4v) is 4.22. The van der Waals surface area contributed by atoms with Crippen LogP contribution in [-0.4, -0.2) is 16.1 Å². The number of Topliss-reactive ketones (excluding diaryl/α,β-unsaturated/α-hetero) is 2. The quantitative estimate of drug-likeness (QED) is 0.377. The van der Waals surface area contributed by atoms with E-state index in [2.05, 4.69) is 35.8 Å². The van der Waals surface area contributed by atoms with E-state index in [0.29, 0.717) is 36.4 Å². The van der Waals surface area contributed by atoms with Gasteiger partial charge in [0.15, 0.2) is 5.78 Å². The standard InChI is InChI=1S/C28H26ClNO2/c1-19-8-10-23(28(32)22-11-13-24(29)14-12-22)16-27-26(19)17-25(15-9-20(2)31)30(27)18-21-6-4-3-5-7-21/h3-8,11-14,16-17H,9-10,15,18H2,1-2H3. The second-order valence-corrected chi connectivity index (χ2v) is 8.74. The largest absolute Gasteiger partial charge is 0.340 e. The number of aromatic nitrogens is 1. The van der Waals surface area contributed by atoms with Crippen LogP contribution in [0.5, 0.6) is 0 Å². The summed E-state index contributed by atoms with van der Waals surface area (Å²) in [5.74, 6) is 0.186. The molecule has 0 unspecified atom stereocenters. The minimum Gasteiger partial charge on any atom is -0.340 e. The summed E-state index contributed by atoms with van der Waals surface area (Å²) in [6.45, 7) is 4.41. The Morgan fingerprint density at radius 3 is 2.44 bits per heavy atom. The SMILES string of the molecule is CC(=O)CCc1cc2c(n1Cc1ccccc1)C=C(C(=O)c1ccc(Cl)cc1)CC=C2C. The molecule has 0 radical (unpaired) electrons. The zero-order valence-electron chi connectivity index (χ0n) is 18.4. The number of halogens is 1. The number of hydrogen-bond acceptors (Lipinski definition) is 2. The number of carbonyl (C=O) groups is 2. The highest BCUT2D eigenvalue weighted by molar-refractivity contribution is 6.30. The van der Waals surface area contributed by atoms with Crippen molar-refractivity contribution in [2.75, 3.05) is 0 Å². The number of ketones is 2. The maximum absolute atomic E-state index is 13.3. The van der Waals surface area contributed by atoms with Crippen LogP contribution >= 0.6 is 11.6 Å². The highest BCUT2D eigenvalue weighted by atomic mass is 35.5. The molecule has 0 bridgehead atoms. The summed E-state index contributed by atoms with van der Waals surface area (Å²) < 4.78 is 2.26. The number of benzene rings is 2. The summed E-state index contributed by atoms with van der Waals surface area (Å²) in [6, 6.07) is 19.5. The Bertz CT molecular complexity index is 1210. The average molecular weight is 444 g/mol. The van der Waals surface area contributed by atoms with Crippen LogP contribution in [0.3, 0.4) is 0 Å². The molecule has 0 spiro atoms. The van der Waals surface area contributed by atoms with Crippen molar-refractivity contribution in [3.63, 3.8) is 0 Å². The lowest BCUT2D eigenvalue weighted by molar-refractivity contribution is -0.117. The molecular weight excluding hydrogens is 418 g/mol. The third-order valence-electron chi connectivity index (χ3n) is 5.90. The molecule has 0 saturated carbocycles. The van der Waals surface area contributed by atoms with E-state index >= 15 is 0 Å². The van der Waals surface area contributed by atoms with Crippen LogP contribution < -0.4 is 0 Å². The molecule has 0 fully saturated rings. The molecule has 4 heteroatoms. The van der Waals surface area contributed by atoms with Crippen LogP contribution in [0, 0.1) is 0 Å². The molecule has 0 atom stereocenters. The molecule has 162 valence electrons. The number of fused-ring (bicyclic) bond motifs is 1. The predicted molar refractivity (Wildman–Crippen MR) is 131 cm³/mol. The van der Waals surface area contributed by atoms with E-state index in [1.54, 1.807) is 31.2 Å². The van der Waals surface area contributed by atoms with E-state index in [1.165, 1.54) is 5.56 Å². The zero-order valence-corrected chi connectivity index (χ0v) is 19.2. The Balaban J connectivity index is 1.80. The summed E-state index contributed by atoms with van der Waals surface area (Å²) in [7, 11) is 0. The van der Waals surface area contributed by atoms with Crippen molar-refractivity contribution in [1.29, 1.82) is 0 Å². The highest BCUT2D eigenvalue weighted by Gasteiger charge is 2.21. The van der Waals surface area contributed by atoms with E-state index in [0.717, 1.165) is 28.1 Å². The average Bonchev–Trinajstić information content (AvgIpc) is 3.03. The molecule has 0 saturated heterocycles. The lowest BCUT2D eigenvalue weighted by Gasteiger charge is -2.13. The Labute approximate surface area is 194 Å². The van der Waals surface area contributed by atoms with E-state index in [4.69, 9.17) is 11.6 Å². The number of nitrogens with zero attached hydrogens (tertiary/aromatic N) is 1. The molecule has 3 aromatic rings. The maximum Gasteiger partial charge on any atom is 0.189 e. The summed E-state index contributed by atoms with van der Waals surface area (Å²) in [4.78, 5) is 25.0. The van der Waals surface area contributed by atoms with Crippen molar-refractivity contribution in [3.05, 3.63) is 105 Å². The molecule has 32 heavy (non-hydrogen) atoms. The van der Waals surface area contributed by atoms with Gasteiger partial charge in [0.25, 0.3) is 0 Å². The Hall–Kier alpha value is -3.17. The minimum atomic E-state index is 0.0105. The summed E-state index contributed by atoms with van der Waals surface area (Å²) in [5, 5.41) is 0.612. The van der Waals surface area contributed by atoms with Crippen molar-refractivity contribution >= 4 is 34.8 Å². The van der Waals surface area contributed by atoms with Crippen LogP contribution in [0.25, 0.3) is 11.6 Å². The van der Waals surface area contributed by atoms with Crippen molar-refractivity contribution in [2.45, 2.75) is 39.7 Å². The van der Waals surface area contributed by atoms with Crippen LogP contribution in [0.4, 0.5) is 0 Å². The molecule has 1 aliphatic rings. The van der Waals surface area contributed by atoms with Gasteiger partial charge in [-0.15, -0.1) is 0 Å². The first-order chi connectivity index (χ1) is 15.4. The molecular formula is C28H26ClNO2. The number of allylic oxidation sites excluding steroid dienone is 3. The normalized spacial score (nSPS) is 13.1. The fourth-order valence-electron chi connectivity index (χ4n) is 4.10. The van der Waals surface area contributed by atoms with Gasteiger partial charge in [0.1, 0.15) is 5.78 Å². The first-order valence-corrected chi connectivity index (χ1v) is 11.2. The molecule has 1 aromatic heterocycles. The lowest BCUT2D eigenvalue weighted by Crippen LogP contribution is -2.09. The summed E-state index contributed by atoms with van der Waals surface area (Å²) in [5.41, 5.74) is 6.96. The van der Waals surface area contributed by atoms with Gasteiger partial charge in [-0.3, -0.25) is 4.79 Å². The molecule has 3 nitrogen and oxygen atoms in total. The summed E-state index contributed by atoms with van der Waals surface area (Å²) >= 11 is 6.00.